The Kier molecular flexibility index (Phi) is 3.40. The van der Waals surface area contributed by atoms with E-state index in [1.54, 1.807) is 0 Å². The molecular formula is C20H25N3O. The van der Waals surface area contributed by atoms with Gasteiger partial charge in [-0.1, -0.05) is 24.6 Å². The van der Waals surface area contributed by atoms with Gasteiger partial charge < -0.3 is 9.88 Å². The minimum atomic E-state index is 0.274. The number of rotatable bonds is 3. The topological polar surface area (TPSA) is 39.3 Å². The molecule has 0 bridgehead atoms. The maximum absolute atomic E-state index is 12.6. The second-order valence-corrected chi connectivity index (χ2v) is 7.89. The minimum absolute atomic E-state index is 0.274. The number of H-pyrrole nitrogens is 1. The Hall–Kier alpha value is -1.81. The van der Waals surface area contributed by atoms with Gasteiger partial charge in [-0.15, -0.1) is 0 Å². The van der Waals surface area contributed by atoms with Gasteiger partial charge in [0.1, 0.15) is 0 Å². The van der Waals surface area contributed by atoms with Gasteiger partial charge in [-0.2, -0.15) is 0 Å². The molecule has 2 unspecified atom stereocenters. The van der Waals surface area contributed by atoms with Crippen molar-refractivity contribution in [1.29, 1.82) is 0 Å². The van der Waals surface area contributed by atoms with E-state index >= 15 is 0 Å². The standard InChI is InChI=1S/C20H25N3O/c24-20(8-16-9-21-19-7-2-1-6-18(16)19)23-12-17(13-23)22-10-14-4-3-5-15(14)11-22/h1-2,6-7,9,14-15,17,21H,3-5,8,10-13H2. The number of para-hydroxylation sites is 1. The molecule has 1 aliphatic carbocycles. The summed E-state index contributed by atoms with van der Waals surface area (Å²) < 4.78 is 0. The molecular weight excluding hydrogens is 298 g/mol. The van der Waals surface area contributed by atoms with E-state index in [2.05, 4.69) is 22.0 Å². The first-order valence-electron chi connectivity index (χ1n) is 9.35. The summed E-state index contributed by atoms with van der Waals surface area (Å²) >= 11 is 0. The molecule has 1 N–H and O–H groups in total. The van der Waals surface area contributed by atoms with E-state index in [0.29, 0.717) is 12.5 Å². The highest BCUT2D eigenvalue weighted by Gasteiger charge is 2.43. The van der Waals surface area contributed by atoms with Crippen LogP contribution in [0.4, 0.5) is 0 Å². The van der Waals surface area contributed by atoms with Gasteiger partial charge in [-0.3, -0.25) is 9.69 Å². The minimum Gasteiger partial charge on any atom is -0.361 e. The molecule has 1 saturated carbocycles. The lowest BCUT2D eigenvalue weighted by molar-refractivity contribution is -0.137. The molecule has 5 rings (SSSR count). The van der Waals surface area contributed by atoms with Gasteiger partial charge in [0.05, 0.1) is 6.42 Å². The fourth-order valence-corrected chi connectivity index (χ4v) is 5.01. The number of hydrogen-bond donors (Lipinski definition) is 1. The van der Waals surface area contributed by atoms with Gasteiger partial charge in [0.15, 0.2) is 0 Å². The summed E-state index contributed by atoms with van der Waals surface area (Å²) in [6.45, 7) is 4.42. The van der Waals surface area contributed by atoms with Crippen molar-refractivity contribution in [3.8, 4) is 0 Å². The van der Waals surface area contributed by atoms with Crippen LogP contribution in [0.15, 0.2) is 30.5 Å². The molecule has 4 heteroatoms. The number of aromatic nitrogens is 1. The molecule has 0 radical (unpaired) electrons. The van der Waals surface area contributed by atoms with Crippen molar-refractivity contribution >= 4 is 16.8 Å². The zero-order valence-corrected chi connectivity index (χ0v) is 14.1. The average Bonchev–Trinajstić information content (AvgIpc) is 3.21. The molecule has 2 aliphatic heterocycles. The van der Waals surface area contributed by atoms with Crippen LogP contribution in [0.2, 0.25) is 0 Å². The molecule has 126 valence electrons. The largest absolute Gasteiger partial charge is 0.361 e. The van der Waals surface area contributed by atoms with Gasteiger partial charge in [0.25, 0.3) is 0 Å². The molecule has 1 aromatic heterocycles. The third kappa shape index (κ3) is 2.35. The second-order valence-electron chi connectivity index (χ2n) is 7.89. The van der Waals surface area contributed by atoms with Gasteiger partial charge in [-0.25, -0.2) is 0 Å². The maximum atomic E-state index is 12.6. The first kappa shape index (κ1) is 14.5. The van der Waals surface area contributed by atoms with E-state index in [1.165, 1.54) is 37.7 Å². The van der Waals surface area contributed by atoms with Crippen molar-refractivity contribution in [2.45, 2.75) is 31.7 Å². The van der Waals surface area contributed by atoms with Gasteiger partial charge >= 0.3 is 0 Å². The molecule has 3 aliphatic rings. The van der Waals surface area contributed by atoms with Crippen LogP contribution < -0.4 is 0 Å². The van der Waals surface area contributed by atoms with Crippen molar-refractivity contribution in [3.63, 3.8) is 0 Å². The number of carbonyl (C=O) groups is 1. The van der Waals surface area contributed by atoms with E-state index in [1.807, 2.05) is 23.2 Å². The molecule has 4 nitrogen and oxygen atoms in total. The third-order valence-corrected chi connectivity index (χ3v) is 6.50. The Labute approximate surface area is 142 Å². The van der Waals surface area contributed by atoms with Crippen LogP contribution in [0.1, 0.15) is 24.8 Å². The number of fused-ring (bicyclic) bond motifs is 2. The summed E-state index contributed by atoms with van der Waals surface area (Å²) in [7, 11) is 0. The smallest absolute Gasteiger partial charge is 0.227 e. The van der Waals surface area contributed by atoms with Crippen LogP contribution >= 0.6 is 0 Å². The highest BCUT2D eigenvalue weighted by Crippen LogP contribution is 2.39. The number of carbonyl (C=O) groups excluding carboxylic acids is 1. The highest BCUT2D eigenvalue weighted by atomic mass is 16.2. The van der Waals surface area contributed by atoms with Crippen molar-refractivity contribution in [1.82, 2.24) is 14.8 Å². The number of likely N-dealkylation sites (tertiary alicyclic amines) is 2. The Morgan fingerprint density at radius 2 is 1.83 bits per heavy atom. The number of benzene rings is 1. The first-order chi connectivity index (χ1) is 11.8. The zero-order chi connectivity index (χ0) is 16.1. The van der Waals surface area contributed by atoms with Crippen LogP contribution in [0, 0.1) is 11.8 Å². The molecule has 24 heavy (non-hydrogen) atoms. The van der Waals surface area contributed by atoms with Gasteiger partial charge in [0, 0.05) is 49.3 Å². The fourth-order valence-electron chi connectivity index (χ4n) is 5.01. The Morgan fingerprint density at radius 1 is 1.08 bits per heavy atom. The molecule has 2 atom stereocenters. The molecule has 0 spiro atoms. The van der Waals surface area contributed by atoms with Crippen molar-refractivity contribution in [2.75, 3.05) is 26.2 Å². The number of hydrogen-bond acceptors (Lipinski definition) is 2. The fraction of sp³-hybridized carbons (Fsp3) is 0.550. The number of nitrogens with zero attached hydrogens (tertiary/aromatic N) is 2. The number of nitrogens with one attached hydrogen (secondary N) is 1. The molecule has 3 heterocycles. The van der Waals surface area contributed by atoms with E-state index in [-0.39, 0.29) is 5.91 Å². The van der Waals surface area contributed by atoms with E-state index in [0.717, 1.165) is 36.0 Å². The Bertz CT molecular complexity index is 749. The van der Waals surface area contributed by atoms with Gasteiger partial charge in [-0.05, 0) is 36.3 Å². The molecule has 3 fully saturated rings. The molecule has 1 amide bonds. The predicted molar refractivity (Wildman–Crippen MR) is 94.8 cm³/mol. The summed E-state index contributed by atoms with van der Waals surface area (Å²) in [4.78, 5) is 20.6. The summed E-state index contributed by atoms with van der Waals surface area (Å²) in [6.07, 6.45) is 6.79. The van der Waals surface area contributed by atoms with Crippen LogP contribution in [0.3, 0.4) is 0 Å². The van der Waals surface area contributed by atoms with E-state index < -0.39 is 0 Å². The number of aromatic amines is 1. The summed E-state index contributed by atoms with van der Waals surface area (Å²) in [6, 6.07) is 8.83. The van der Waals surface area contributed by atoms with Crippen LogP contribution in [-0.2, 0) is 11.2 Å². The summed E-state index contributed by atoms with van der Waals surface area (Å²) in [5.41, 5.74) is 2.24. The van der Waals surface area contributed by atoms with Crippen LogP contribution in [-0.4, -0.2) is 52.9 Å². The maximum Gasteiger partial charge on any atom is 0.227 e. The third-order valence-electron chi connectivity index (χ3n) is 6.50. The summed E-state index contributed by atoms with van der Waals surface area (Å²) in [5.74, 6) is 2.16. The normalized spacial score (nSPS) is 27.6. The van der Waals surface area contributed by atoms with Crippen molar-refractivity contribution < 1.29 is 4.79 Å². The zero-order valence-electron chi connectivity index (χ0n) is 14.1. The Balaban J connectivity index is 1.18. The molecule has 1 aromatic carbocycles. The second kappa shape index (κ2) is 5.62. The average molecular weight is 323 g/mol. The lowest BCUT2D eigenvalue weighted by Crippen LogP contribution is -2.61. The lowest BCUT2D eigenvalue weighted by Gasteiger charge is -2.44. The van der Waals surface area contributed by atoms with Crippen LogP contribution in [0.5, 0.6) is 0 Å². The predicted octanol–water partition coefficient (Wildman–Crippen LogP) is 2.65. The number of amides is 1. The van der Waals surface area contributed by atoms with Gasteiger partial charge in [0.2, 0.25) is 5.91 Å². The van der Waals surface area contributed by atoms with Crippen molar-refractivity contribution in [2.24, 2.45) is 11.8 Å². The van der Waals surface area contributed by atoms with E-state index in [9.17, 15) is 4.79 Å². The quantitative estimate of drug-likeness (QED) is 0.943. The van der Waals surface area contributed by atoms with E-state index in [4.69, 9.17) is 0 Å². The molecule has 2 saturated heterocycles. The first-order valence-corrected chi connectivity index (χ1v) is 9.35. The molecule has 2 aromatic rings. The summed E-state index contributed by atoms with van der Waals surface area (Å²) in [5, 5.41) is 1.18. The Morgan fingerprint density at radius 3 is 2.62 bits per heavy atom. The van der Waals surface area contributed by atoms with Crippen LogP contribution in [0.25, 0.3) is 10.9 Å². The SMILES string of the molecule is O=C(Cc1c[nH]c2ccccc12)N1CC(N2CC3CCCC3C2)C1. The highest BCUT2D eigenvalue weighted by molar-refractivity contribution is 5.89. The van der Waals surface area contributed by atoms with Crippen molar-refractivity contribution in [3.05, 3.63) is 36.0 Å². The lowest BCUT2D eigenvalue weighted by atomic mass is 10.0. The monoisotopic (exact) mass is 323 g/mol.